The van der Waals surface area contributed by atoms with Crippen molar-refractivity contribution >= 4 is 72.1 Å². The third-order valence-corrected chi connectivity index (χ3v) is 6.74. The van der Waals surface area contributed by atoms with Crippen molar-refractivity contribution in [3.8, 4) is 11.5 Å². The lowest BCUT2D eigenvalue weighted by molar-refractivity contribution is -0.121. The summed E-state index contributed by atoms with van der Waals surface area (Å²) in [7, 11) is 0. The zero-order valence-electron chi connectivity index (χ0n) is 15.9. The first-order valence-electron chi connectivity index (χ1n) is 9.01. The first-order chi connectivity index (χ1) is 13.9. The van der Waals surface area contributed by atoms with E-state index in [1.807, 2.05) is 56.3 Å². The molecule has 1 aliphatic rings. The fraction of sp³-hybridized carbons (Fsp3) is 0.238. The Morgan fingerprint density at radius 1 is 1.10 bits per heavy atom. The number of benzene rings is 2. The highest BCUT2D eigenvalue weighted by Gasteiger charge is 2.30. The first kappa shape index (κ1) is 22.3. The highest BCUT2D eigenvalue weighted by molar-refractivity contribution is 9.10. The molecule has 0 saturated carbocycles. The number of rotatable bonds is 7. The second-order valence-corrected chi connectivity index (χ2v) is 9.54. The van der Waals surface area contributed by atoms with Crippen LogP contribution in [0.25, 0.3) is 6.08 Å². The number of carbonyl (C=O) groups is 1. The molecule has 2 aromatic carbocycles. The molecule has 2 aromatic rings. The van der Waals surface area contributed by atoms with Gasteiger partial charge in [0.05, 0.1) is 11.5 Å². The quantitative estimate of drug-likeness (QED) is 0.291. The molecule has 1 heterocycles. The predicted molar refractivity (Wildman–Crippen MR) is 129 cm³/mol. The van der Waals surface area contributed by atoms with Gasteiger partial charge in [-0.15, -0.1) is 0 Å². The third kappa shape index (κ3) is 5.42. The summed E-state index contributed by atoms with van der Waals surface area (Å²) in [5.41, 5.74) is 1.89. The topological polar surface area (TPSA) is 38.8 Å². The van der Waals surface area contributed by atoms with Crippen molar-refractivity contribution in [3.63, 3.8) is 0 Å². The van der Waals surface area contributed by atoms with Gasteiger partial charge in [-0.25, -0.2) is 0 Å². The van der Waals surface area contributed by atoms with Crippen molar-refractivity contribution in [1.82, 2.24) is 4.90 Å². The molecule has 0 N–H and O–H groups in total. The Bertz CT molecular complexity index is 961. The van der Waals surface area contributed by atoms with E-state index in [1.165, 1.54) is 11.8 Å². The number of thiocarbonyl (C=S) groups is 1. The number of carbonyl (C=O) groups excluding carboxylic acids is 1. The lowest BCUT2D eigenvalue weighted by Gasteiger charge is -2.14. The summed E-state index contributed by atoms with van der Waals surface area (Å²) in [6, 6.07) is 11.7. The highest BCUT2D eigenvalue weighted by Crippen LogP contribution is 2.38. The molecule has 8 heteroatoms. The van der Waals surface area contributed by atoms with Gasteiger partial charge < -0.3 is 9.47 Å². The molecule has 1 amide bonds. The maximum absolute atomic E-state index is 12.5. The van der Waals surface area contributed by atoms with Crippen molar-refractivity contribution in [3.05, 3.63) is 61.4 Å². The fourth-order valence-corrected chi connectivity index (χ4v) is 4.77. The molecule has 0 aliphatic carbocycles. The smallest absolute Gasteiger partial charge is 0.266 e. The zero-order chi connectivity index (χ0) is 21.0. The van der Waals surface area contributed by atoms with Crippen LogP contribution in [0.4, 0.5) is 0 Å². The average molecular weight is 557 g/mol. The molecule has 0 spiro atoms. The molecule has 0 bridgehead atoms. The molecule has 152 valence electrons. The summed E-state index contributed by atoms with van der Waals surface area (Å²) >= 11 is 13.6. The van der Waals surface area contributed by atoms with Gasteiger partial charge in [0.1, 0.15) is 10.9 Å². The van der Waals surface area contributed by atoms with Gasteiger partial charge in [0.15, 0.2) is 11.5 Å². The molecular formula is C21H19Br2NO3S2. The van der Waals surface area contributed by atoms with Crippen molar-refractivity contribution in [1.29, 1.82) is 0 Å². The molecule has 3 rings (SSSR count). The van der Waals surface area contributed by atoms with E-state index in [9.17, 15) is 4.79 Å². The largest absolute Gasteiger partial charge is 0.490 e. The van der Waals surface area contributed by atoms with Crippen molar-refractivity contribution < 1.29 is 14.3 Å². The number of thioether (sulfide) groups is 1. The Balaban J connectivity index is 1.86. The van der Waals surface area contributed by atoms with Crippen LogP contribution in [0.3, 0.4) is 0 Å². The van der Waals surface area contributed by atoms with Gasteiger partial charge in [0.25, 0.3) is 5.91 Å². The standard InChI is InChI=1S/C21H19Br2NO3S2/c1-3-24-20(25)19(29-21(24)28)10-14-9-17(26-4-2)18(11-16(14)23)27-12-13-5-7-15(22)8-6-13/h5-11H,3-4,12H2,1-2H3/b19-10-. The van der Waals surface area contributed by atoms with E-state index in [0.717, 1.165) is 20.1 Å². The van der Waals surface area contributed by atoms with Crippen LogP contribution in [0, 0.1) is 0 Å². The van der Waals surface area contributed by atoms with Crippen LogP contribution in [0.5, 0.6) is 11.5 Å². The van der Waals surface area contributed by atoms with Gasteiger partial charge in [0.2, 0.25) is 0 Å². The monoisotopic (exact) mass is 555 g/mol. The lowest BCUT2D eigenvalue weighted by Crippen LogP contribution is -2.27. The Kier molecular flexibility index (Phi) is 7.79. The molecule has 1 fully saturated rings. The van der Waals surface area contributed by atoms with Gasteiger partial charge in [0, 0.05) is 15.5 Å². The Morgan fingerprint density at radius 2 is 1.79 bits per heavy atom. The van der Waals surface area contributed by atoms with Crippen molar-refractivity contribution in [2.45, 2.75) is 20.5 Å². The van der Waals surface area contributed by atoms with Crippen molar-refractivity contribution in [2.24, 2.45) is 0 Å². The van der Waals surface area contributed by atoms with Crippen LogP contribution < -0.4 is 9.47 Å². The van der Waals surface area contributed by atoms with Crippen molar-refractivity contribution in [2.75, 3.05) is 13.2 Å². The van der Waals surface area contributed by atoms with Crippen LogP contribution in [0.2, 0.25) is 0 Å². The van der Waals surface area contributed by atoms with E-state index in [2.05, 4.69) is 31.9 Å². The average Bonchev–Trinajstić information content (AvgIpc) is 2.97. The number of halogens is 2. The maximum atomic E-state index is 12.5. The molecule has 1 saturated heterocycles. The third-order valence-electron chi connectivity index (χ3n) is 4.15. The zero-order valence-corrected chi connectivity index (χ0v) is 20.7. The SMILES string of the molecule is CCOc1cc(/C=C2\SC(=S)N(CC)C2=O)c(Br)cc1OCc1ccc(Br)cc1. The summed E-state index contributed by atoms with van der Waals surface area (Å²) in [4.78, 5) is 14.7. The Labute approximate surface area is 196 Å². The summed E-state index contributed by atoms with van der Waals surface area (Å²) in [6.07, 6.45) is 1.83. The minimum atomic E-state index is -0.0667. The van der Waals surface area contributed by atoms with Gasteiger partial charge >= 0.3 is 0 Å². The van der Waals surface area contributed by atoms with Crippen LogP contribution in [-0.4, -0.2) is 28.3 Å². The van der Waals surface area contributed by atoms with E-state index in [1.54, 1.807) is 4.90 Å². The lowest BCUT2D eigenvalue weighted by atomic mass is 10.1. The summed E-state index contributed by atoms with van der Waals surface area (Å²) in [5, 5.41) is 0. The molecule has 29 heavy (non-hydrogen) atoms. The molecule has 0 radical (unpaired) electrons. The minimum absolute atomic E-state index is 0.0667. The van der Waals surface area contributed by atoms with E-state index in [0.29, 0.717) is 40.5 Å². The van der Waals surface area contributed by atoms with Crippen LogP contribution >= 0.6 is 55.8 Å². The Morgan fingerprint density at radius 3 is 2.41 bits per heavy atom. The summed E-state index contributed by atoms with van der Waals surface area (Å²) < 4.78 is 14.2. The number of likely N-dealkylation sites (N-methyl/N-ethyl adjacent to an activating group) is 1. The highest BCUT2D eigenvalue weighted by atomic mass is 79.9. The molecule has 0 aromatic heterocycles. The molecule has 1 aliphatic heterocycles. The number of nitrogens with zero attached hydrogens (tertiary/aromatic N) is 1. The van der Waals surface area contributed by atoms with Crippen LogP contribution in [0.1, 0.15) is 25.0 Å². The Hall–Kier alpha value is -1.35. The fourth-order valence-electron chi connectivity index (χ4n) is 2.70. The molecular weight excluding hydrogens is 538 g/mol. The molecule has 0 atom stereocenters. The second-order valence-electron chi connectivity index (χ2n) is 6.09. The first-order valence-corrected chi connectivity index (χ1v) is 11.8. The van der Waals surface area contributed by atoms with E-state index < -0.39 is 0 Å². The maximum Gasteiger partial charge on any atom is 0.266 e. The number of hydrogen-bond donors (Lipinski definition) is 0. The molecule has 0 unspecified atom stereocenters. The van der Waals surface area contributed by atoms with Gasteiger partial charge in [-0.1, -0.05) is 68.0 Å². The normalized spacial score (nSPS) is 15.3. The van der Waals surface area contributed by atoms with Gasteiger partial charge in [-0.05, 0) is 55.3 Å². The van der Waals surface area contributed by atoms with E-state index in [4.69, 9.17) is 21.7 Å². The van der Waals surface area contributed by atoms with Gasteiger partial charge in [-0.2, -0.15) is 0 Å². The predicted octanol–water partition coefficient (Wildman–Crippen LogP) is 6.41. The molecule has 4 nitrogen and oxygen atoms in total. The minimum Gasteiger partial charge on any atom is -0.490 e. The number of amides is 1. The van der Waals surface area contributed by atoms with Crippen LogP contribution in [0.15, 0.2) is 50.2 Å². The second kappa shape index (κ2) is 10.1. The van der Waals surface area contributed by atoms with E-state index >= 15 is 0 Å². The number of hydrogen-bond acceptors (Lipinski definition) is 5. The van der Waals surface area contributed by atoms with E-state index in [-0.39, 0.29) is 5.91 Å². The van der Waals surface area contributed by atoms with Crippen LogP contribution in [-0.2, 0) is 11.4 Å². The summed E-state index contributed by atoms with van der Waals surface area (Å²) in [5.74, 6) is 1.20. The van der Waals surface area contributed by atoms with Gasteiger partial charge in [-0.3, -0.25) is 9.69 Å². The number of ether oxygens (including phenoxy) is 2. The summed E-state index contributed by atoms with van der Waals surface area (Å²) in [6.45, 7) is 5.33.